The van der Waals surface area contributed by atoms with E-state index in [0.717, 1.165) is 44.3 Å². The van der Waals surface area contributed by atoms with Gasteiger partial charge in [0, 0.05) is 6.04 Å². The number of ether oxygens (including phenoxy) is 1. The van der Waals surface area contributed by atoms with Crippen LogP contribution in [0.3, 0.4) is 0 Å². The molecule has 0 aromatic heterocycles. The molecule has 1 aliphatic heterocycles. The lowest BCUT2D eigenvalue weighted by atomic mass is 9.89. The van der Waals surface area contributed by atoms with Crippen molar-refractivity contribution < 1.29 is 22.7 Å². The molecule has 4 nitrogen and oxygen atoms in total. The molecule has 1 aliphatic carbocycles. The van der Waals surface area contributed by atoms with E-state index >= 15 is 0 Å². The number of amides is 1. The molecule has 2 fully saturated rings. The van der Waals surface area contributed by atoms with Crippen LogP contribution in [0.2, 0.25) is 0 Å². The fraction of sp³-hybridized carbons (Fsp3) is 0.562. The Morgan fingerprint density at radius 3 is 2.42 bits per heavy atom. The Balaban J connectivity index is 0.00000208. The van der Waals surface area contributed by atoms with E-state index in [1.54, 1.807) is 12.1 Å². The lowest BCUT2D eigenvalue weighted by Crippen LogP contribution is -2.29. The second-order valence-electron chi connectivity index (χ2n) is 6.08. The first kappa shape index (κ1) is 18.9. The summed E-state index contributed by atoms with van der Waals surface area (Å²) in [6.45, 7) is 1.74. The second-order valence-corrected chi connectivity index (χ2v) is 6.08. The van der Waals surface area contributed by atoms with Crippen LogP contribution in [0.15, 0.2) is 18.2 Å². The molecule has 3 rings (SSSR count). The smallest absolute Gasteiger partial charge is 0.405 e. The van der Waals surface area contributed by atoms with Crippen LogP contribution in [0.25, 0.3) is 0 Å². The number of alkyl halides is 3. The van der Waals surface area contributed by atoms with Crippen LogP contribution < -0.4 is 15.4 Å². The van der Waals surface area contributed by atoms with Gasteiger partial charge in [-0.05, 0) is 62.4 Å². The molecule has 2 N–H and O–H groups in total. The molecule has 2 aliphatic rings. The molecular weight excluding hydrogens is 345 g/mol. The molecule has 8 heteroatoms. The highest BCUT2D eigenvalue weighted by Crippen LogP contribution is 2.32. The Kier molecular flexibility index (Phi) is 5.98. The highest BCUT2D eigenvalue weighted by Gasteiger charge is 2.34. The predicted molar refractivity (Wildman–Crippen MR) is 85.7 cm³/mol. The van der Waals surface area contributed by atoms with Gasteiger partial charge in [-0.1, -0.05) is 6.07 Å². The summed E-state index contributed by atoms with van der Waals surface area (Å²) in [5, 5.41) is 5.97. The molecule has 24 heavy (non-hydrogen) atoms. The first-order valence-electron chi connectivity index (χ1n) is 7.83. The molecule has 0 bridgehead atoms. The standard InChI is InChI=1S/C16H19F3N2O2.ClH/c17-16(18,19)23-14-4-1-11(10-5-7-20-8-6-10)9-13(14)15(22)21-12-2-3-12;/h1,4,9-10,12,20H,2-3,5-8H2,(H,21,22);1H. The number of halogens is 4. The fourth-order valence-corrected chi connectivity index (χ4v) is 2.84. The molecule has 1 heterocycles. The van der Waals surface area contributed by atoms with E-state index in [9.17, 15) is 18.0 Å². The minimum Gasteiger partial charge on any atom is -0.405 e. The lowest BCUT2D eigenvalue weighted by molar-refractivity contribution is -0.274. The number of rotatable bonds is 4. The SMILES string of the molecule is Cl.O=C(NC1CC1)c1cc(C2CCNCC2)ccc1OC(F)(F)F. The Morgan fingerprint density at radius 2 is 1.83 bits per heavy atom. The highest BCUT2D eigenvalue weighted by atomic mass is 35.5. The van der Waals surface area contributed by atoms with Gasteiger partial charge in [-0.25, -0.2) is 0 Å². The summed E-state index contributed by atoms with van der Waals surface area (Å²) in [7, 11) is 0. The molecular formula is C16H20ClF3N2O2. The van der Waals surface area contributed by atoms with Gasteiger partial charge in [0.2, 0.25) is 0 Å². The van der Waals surface area contributed by atoms with Gasteiger partial charge in [-0.15, -0.1) is 25.6 Å². The maximum absolute atomic E-state index is 12.6. The van der Waals surface area contributed by atoms with Gasteiger partial charge >= 0.3 is 6.36 Å². The number of benzene rings is 1. The molecule has 1 aromatic rings. The zero-order valence-corrected chi connectivity index (χ0v) is 13.8. The van der Waals surface area contributed by atoms with E-state index in [2.05, 4.69) is 15.4 Å². The number of carbonyl (C=O) groups excluding carboxylic acids is 1. The molecule has 1 aromatic carbocycles. The van der Waals surface area contributed by atoms with E-state index in [-0.39, 0.29) is 29.9 Å². The van der Waals surface area contributed by atoms with Crippen LogP contribution in [0, 0.1) is 0 Å². The van der Waals surface area contributed by atoms with Gasteiger partial charge in [-0.2, -0.15) is 0 Å². The summed E-state index contributed by atoms with van der Waals surface area (Å²) >= 11 is 0. The van der Waals surface area contributed by atoms with E-state index in [0.29, 0.717) is 0 Å². The van der Waals surface area contributed by atoms with Gasteiger partial charge in [-0.3, -0.25) is 4.79 Å². The van der Waals surface area contributed by atoms with Gasteiger partial charge in [0.25, 0.3) is 5.91 Å². The van der Waals surface area contributed by atoms with E-state index in [4.69, 9.17) is 0 Å². The largest absolute Gasteiger partial charge is 0.573 e. The van der Waals surface area contributed by atoms with Gasteiger partial charge < -0.3 is 15.4 Å². The average Bonchev–Trinajstić information content (AvgIpc) is 3.31. The van der Waals surface area contributed by atoms with Crippen LogP contribution in [-0.2, 0) is 0 Å². The van der Waals surface area contributed by atoms with Gasteiger partial charge in [0.05, 0.1) is 5.56 Å². The third-order valence-corrected chi connectivity index (χ3v) is 4.20. The van der Waals surface area contributed by atoms with Gasteiger partial charge in [0.1, 0.15) is 5.75 Å². The Bertz CT molecular complexity index is 585. The van der Waals surface area contributed by atoms with Crippen LogP contribution in [0.5, 0.6) is 5.75 Å². The average molecular weight is 365 g/mol. The molecule has 1 amide bonds. The lowest BCUT2D eigenvalue weighted by Gasteiger charge is -2.24. The Hall–Kier alpha value is -1.47. The predicted octanol–water partition coefficient (Wildman–Crippen LogP) is 3.37. The van der Waals surface area contributed by atoms with Crippen LogP contribution in [0.1, 0.15) is 47.5 Å². The summed E-state index contributed by atoms with van der Waals surface area (Å²) in [5.41, 5.74) is 0.854. The van der Waals surface area contributed by atoms with Crippen molar-refractivity contribution in [3.63, 3.8) is 0 Å². The number of carbonyl (C=O) groups is 1. The van der Waals surface area contributed by atoms with Crippen molar-refractivity contribution in [2.75, 3.05) is 13.1 Å². The normalized spacial score (nSPS) is 18.6. The molecule has 1 saturated carbocycles. The first-order valence-corrected chi connectivity index (χ1v) is 7.83. The number of piperidine rings is 1. The monoisotopic (exact) mass is 364 g/mol. The summed E-state index contributed by atoms with van der Waals surface area (Å²) in [4.78, 5) is 12.3. The van der Waals surface area contributed by atoms with Crippen molar-refractivity contribution in [1.82, 2.24) is 10.6 Å². The third-order valence-electron chi connectivity index (χ3n) is 4.20. The van der Waals surface area contributed by atoms with Crippen molar-refractivity contribution in [3.05, 3.63) is 29.3 Å². The summed E-state index contributed by atoms with van der Waals surface area (Å²) in [6.07, 6.45) is -1.26. The van der Waals surface area contributed by atoms with Crippen molar-refractivity contribution in [2.45, 2.75) is 44.0 Å². The van der Waals surface area contributed by atoms with E-state index in [1.165, 1.54) is 6.07 Å². The number of nitrogens with one attached hydrogen (secondary N) is 2. The zero-order chi connectivity index (χ0) is 16.4. The summed E-state index contributed by atoms with van der Waals surface area (Å²) in [6, 6.07) is 4.51. The molecule has 0 spiro atoms. The van der Waals surface area contributed by atoms with Crippen LogP contribution in [0.4, 0.5) is 13.2 Å². The van der Waals surface area contributed by atoms with Crippen molar-refractivity contribution in [2.24, 2.45) is 0 Å². The first-order chi connectivity index (χ1) is 10.9. The fourth-order valence-electron chi connectivity index (χ4n) is 2.84. The van der Waals surface area contributed by atoms with E-state index < -0.39 is 18.0 Å². The zero-order valence-electron chi connectivity index (χ0n) is 13.0. The second kappa shape index (κ2) is 7.61. The van der Waals surface area contributed by atoms with Crippen molar-refractivity contribution in [3.8, 4) is 5.75 Å². The van der Waals surface area contributed by atoms with Crippen molar-refractivity contribution in [1.29, 1.82) is 0 Å². The summed E-state index contributed by atoms with van der Waals surface area (Å²) < 4.78 is 41.7. The topological polar surface area (TPSA) is 50.4 Å². The molecule has 0 radical (unpaired) electrons. The maximum atomic E-state index is 12.6. The Morgan fingerprint density at radius 1 is 1.17 bits per heavy atom. The third kappa shape index (κ3) is 5.01. The molecule has 134 valence electrons. The molecule has 1 saturated heterocycles. The van der Waals surface area contributed by atoms with Crippen LogP contribution >= 0.6 is 12.4 Å². The van der Waals surface area contributed by atoms with E-state index in [1.807, 2.05) is 0 Å². The summed E-state index contributed by atoms with van der Waals surface area (Å²) in [5.74, 6) is -0.681. The quantitative estimate of drug-likeness (QED) is 0.861. The van der Waals surface area contributed by atoms with Crippen molar-refractivity contribution >= 4 is 18.3 Å². The minimum absolute atomic E-state index is 0. The number of hydrogen-bond acceptors (Lipinski definition) is 3. The van der Waals surface area contributed by atoms with Gasteiger partial charge in [0.15, 0.2) is 0 Å². The maximum Gasteiger partial charge on any atom is 0.573 e. The molecule has 0 unspecified atom stereocenters. The number of hydrogen-bond donors (Lipinski definition) is 2. The minimum atomic E-state index is -4.81. The molecule has 0 atom stereocenters. The van der Waals surface area contributed by atoms with Crippen LogP contribution in [-0.4, -0.2) is 31.4 Å². The Labute approximate surface area is 144 Å². The highest BCUT2D eigenvalue weighted by molar-refractivity contribution is 5.97.